The van der Waals surface area contributed by atoms with Crippen LogP contribution < -0.4 is 15.8 Å². The Hall–Kier alpha value is -4.57. The molecule has 0 bridgehead atoms. The molecule has 2 amide bonds. The highest BCUT2D eigenvalue weighted by molar-refractivity contribution is 5.97. The van der Waals surface area contributed by atoms with Gasteiger partial charge in [0.15, 0.2) is 5.43 Å². The highest BCUT2D eigenvalue weighted by Crippen LogP contribution is 2.26. The van der Waals surface area contributed by atoms with E-state index in [1.807, 2.05) is 37.3 Å². The van der Waals surface area contributed by atoms with Crippen LogP contribution in [0, 0.1) is 11.6 Å². The number of ether oxygens (including phenoxy) is 1. The normalized spacial score (nSPS) is 16.2. The van der Waals surface area contributed by atoms with E-state index in [1.165, 1.54) is 21.8 Å². The van der Waals surface area contributed by atoms with Gasteiger partial charge < -0.3 is 10.1 Å². The van der Waals surface area contributed by atoms with E-state index in [0.29, 0.717) is 6.07 Å². The molecule has 1 N–H and O–H groups in total. The van der Waals surface area contributed by atoms with Gasteiger partial charge in [0, 0.05) is 30.4 Å². The first kappa shape index (κ1) is 28.4. The van der Waals surface area contributed by atoms with Gasteiger partial charge in [0.25, 0.3) is 11.8 Å². The molecule has 2 aromatic carbocycles. The molecule has 0 saturated carbocycles. The molecule has 0 aliphatic carbocycles. The average molecular weight is 549 g/mol. The molecule has 2 heterocycles. The zero-order valence-corrected chi connectivity index (χ0v) is 22.2. The van der Waals surface area contributed by atoms with Gasteiger partial charge in [0.05, 0.1) is 18.7 Å². The first-order valence-corrected chi connectivity index (χ1v) is 12.7. The van der Waals surface area contributed by atoms with Crippen LogP contribution in [-0.2, 0) is 17.9 Å². The second-order valence-corrected chi connectivity index (χ2v) is 9.37. The second-order valence-electron chi connectivity index (χ2n) is 9.37. The lowest BCUT2D eigenvalue weighted by molar-refractivity contribution is -0.0844. The van der Waals surface area contributed by atoms with Crippen molar-refractivity contribution in [2.75, 3.05) is 5.01 Å². The minimum absolute atomic E-state index is 0.0214. The molecular weight excluding hydrogens is 518 g/mol. The van der Waals surface area contributed by atoms with Gasteiger partial charge in [-0.15, -0.1) is 13.2 Å². The summed E-state index contributed by atoms with van der Waals surface area (Å²) in [5.74, 6) is -2.85. The lowest BCUT2D eigenvalue weighted by Gasteiger charge is -2.49. The quantitative estimate of drug-likeness (QED) is 0.386. The fourth-order valence-corrected chi connectivity index (χ4v) is 4.35. The maximum Gasteiger partial charge on any atom is 0.276 e. The number of nitrogens with one attached hydrogen (secondary N) is 1. The molecule has 0 spiro atoms. The van der Waals surface area contributed by atoms with E-state index < -0.39 is 47.3 Å². The van der Waals surface area contributed by atoms with Crippen molar-refractivity contribution in [1.29, 1.82) is 0 Å². The molecule has 1 aliphatic rings. The molecule has 1 aliphatic heterocycles. The predicted octanol–water partition coefficient (Wildman–Crippen LogP) is 4.10. The van der Waals surface area contributed by atoms with Crippen LogP contribution in [0.25, 0.3) is 0 Å². The third-order valence-electron chi connectivity index (χ3n) is 6.68. The fourth-order valence-electron chi connectivity index (χ4n) is 4.35. The zero-order valence-electron chi connectivity index (χ0n) is 22.2. The van der Waals surface area contributed by atoms with E-state index in [-0.39, 0.29) is 30.0 Å². The van der Waals surface area contributed by atoms with Crippen LogP contribution in [0.5, 0.6) is 0 Å². The average Bonchev–Trinajstić information content (AvgIpc) is 2.95. The minimum Gasteiger partial charge on any atom is -0.348 e. The van der Waals surface area contributed by atoms with Crippen molar-refractivity contribution in [2.45, 2.75) is 45.4 Å². The van der Waals surface area contributed by atoms with Crippen molar-refractivity contribution < 1.29 is 23.1 Å². The Balaban J connectivity index is 1.73. The number of pyridine rings is 1. The van der Waals surface area contributed by atoms with Gasteiger partial charge in [-0.2, -0.15) is 0 Å². The number of aromatic nitrogens is 1. The minimum atomic E-state index is -0.951. The number of fused-ring (bicyclic) bond motifs is 1. The number of halogens is 2. The summed E-state index contributed by atoms with van der Waals surface area (Å²) >= 11 is 0. The summed E-state index contributed by atoms with van der Waals surface area (Å²) in [5, 5.41) is 4.19. The van der Waals surface area contributed by atoms with Gasteiger partial charge in [0.1, 0.15) is 22.9 Å². The number of benzene rings is 2. The van der Waals surface area contributed by atoms with E-state index >= 15 is 0 Å². The third kappa shape index (κ3) is 5.72. The Morgan fingerprint density at radius 3 is 2.40 bits per heavy atom. The highest BCUT2D eigenvalue weighted by atomic mass is 19.1. The largest absolute Gasteiger partial charge is 0.348 e. The fraction of sp³-hybridized carbons (Fsp3) is 0.233. The predicted molar refractivity (Wildman–Crippen MR) is 147 cm³/mol. The zero-order chi connectivity index (χ0) is 29.0. The molecular formula is C30H30F2N4O4. The van der Waals surface area contributed by atoms with Crippen molar-refractivity contribution in [3.63, 3.8) is 0 Å². The topological polar surface area (TPSA) is 83.9 Å². The Morgan fingerprint density at radius 2 is 1.75 bits per heavy atom. The van der Waals surface area contributed by atoms with E-state index in [9.17, 15) is 23.2 Å². The third-order valence-corrected chi connectivity index (χ3v) is 6.68. The highest BCUT2D eigenvalue weighted by Gasteiger charge is 2.42. The Bertz CT molecular complexity index is 1490. The molecule has 0 radical (unpaired) electrons. The summed E-state index contributed by atoms with van der Waals surface area (Å²) in [6, 6.07) is 12.6. The molecule has 0 saturated heterocycles. The van der Waals surface area contributed by atoms with Crippen LogP contribution in [0.3, 0.4) is 0 Å². The molecule has 0 fully saturated rings. The summed E-state index contributed by atoms with van der Waals surface area (Å²) in [5.41, 5.74) is -0.0160. The molecule has 2 unspecified atom stereocenters. The second kappa shape index (κ2) is 12.1. The summed E-state index contributed by atoms with van der Waals surface area (Å²) in [6.45, 7) is 11.2. The lowest BCUT2D eigenvalue weighted by atomic mass is 10.1. The number of amides is 2. The standard InChI is InChI=1S/C30H30F2N4O4/c1-5-19(3)35-29(39)26-15-27(37)24(28(38)33-16-22-12-13-23(31)14-25(22)32)17-34(26)36(20(4)6-2)30(35)40-18-21-10-8-7-9-11-21/h5-15,17,19-20,30H,1-2,16,18H2,3-4H3,(H,33,38)/t19-,20?,30?/m0/s1. The molecule has 10 heteroatoms. The SMILES string of the molecule is C=CC(C)N1C(OCc2ccccc2)N([C@@H](C)C=C)C(=O)c2cc(=O)c(C(=O)NCc3ccc(F)cc3F)cn21. The van der Waals surface area contributed by atoms with Crippen molar-refractivity contribution >= 4 is 11.8 Å². The van der Waals surface area contributed by atoms with Crippen molar-refractivity contribution in [3.8, 4) is 0 Å². The number of rotatable bonds is 10. The maximum atomic E-state index is 14.1. The number of hydrogen-bond acceptors (Lipinski definition) is 5. The first-order valence-electron chi connectivity index (χ1n) is 12.7. The number of nitrogens with zero attached hydrogens (tertiary/aromatic N) is 3. The molecule has 8 nitrogen and oxygen atoms in total. The van der Waals surface area contributed by atoms with Crippen LogP contribution in [0.2, 0.25) is 0 Å². The van der Waals surface area contributed by atoms with Gasteiger partial charge in [-0.1, -0.05) is 48.6 Å². The van der Waals surface area contributed by atoms with Crippen LogP contribution in [0.4, 0.5) is 8.78 Å². The van der Waals surface area contributed by atoms with Crippen LogP contribution in [0.1, 0.15) is 45.8 Å². The Kier molecular flexibility index (Phi) is 8.59. The molecule has 3 aromatic rings. The monoisotopic (exact) mass is 548 g/mol. The van der Waals surface area contributed by atoms with Crippen LogP contribution in [-0.4, -0.2) is 39.8 Å². The molecule has 4 rings (SSSR count). The summed E-state index contributed by atoms with van der Waals surface area (Å²) in [4.78, 5) is 41.3. The number of carbonyl (C=O) groups is 2. The van der Waals surface area contributed by atoms with Gasteiger partial charge in [-0.05, 0) is 25.5 Å². The number of carbonyl (C=O) groups excluding carboxylic acids is 2. The van der Waals surface area contributed by atoms with Gasteiger partial charge >= 0.3 is 0 Å². The van der Waals surface area contributed by atoms with Gasteiger partial charge in [-0.25, -0.2) is 8.78 Å². The summed E-state index contributed by atoms with van der Waals surface area (Å²) < 4.78 is 35.0. The molecule has 208 valence electrons. The number of hydrogen-bond donors (Lipinski definition) is 1. The van der Waals surface area contributed by atoms with Crippen molar-refractivity contribution in [3.05, 3.63) is 130 Å². The van der Waals surface area contributed by atoms with Gasteiger partial charge in [-0.3, -0.25) is 29.0 Å². The molecule has 40 heavy (non-hydrogen) atoms. The first-order chi connectivity index (χ1) is 19.2. The van der Waals surface area contributed by atoms with E-state index in [4.69, 9.17) is 4.74 Å². The van der Waals surface area contributed by atoms with E-state index in [2.05, 4.69) is 18.5 Å². The van der Waals surface area contributed by atoms with Crippen LogP contribution in [0.15, 0.2) is 90.9 Å². The summed E-state index contributed by atoms with van der Waals surface area (Å²) in [7, 11) is 0. The van der Waals surface area contributed by atoms with E-state index in [1.54, 1.807) is 24.1 Å². The van der Waals surface area contributed by atoms with Crippen molar-refractivity contribution in [1.82, 2.24) is 14.9 Å². The molecule has 1 aromatic heterocycles. The van der Waals surface area contributed by atoms with E-state index in [0.717, 1.165) is 17.7 Å². The maximum absolute atomic E-state index is 14.1. The van der Waals surface area contributed by atoms with Crippen molar-refractivity contribution in [2.24, 2.45) is 0 Å². The Morgan fingerprint density at radius 1 is 1.05 bits per heavy atom. The smallest absolute Gasteiger partial charge is 0.276 e. The van der Waals surface area contributed by atoms with Gasteiger partial charge in [0.2, 0.25) is 6.35 Å². The molecule has 3 atom stereocenters. The summed E-state index contributed by atoms with van der Waals surface area (Å²) in [6.07, 6.45) is 3.55. The van der Waals surface area contributed by atoms with Crippen LogP contribution >= 0.6 is 0 Å². The lowest BCUT2D eigenvalue weighted by Crippen LogP contribution is -2.66. The Labute approximate surface area is 230 Å².